The van der Waals surface area contributed by atoms with Gasteiger partial charge in [0.1, 0.15) is 5.75 Å². The number of benzene rings is 3. The van der Waals surface area contributed by atoms with E-state index in [1.165, 1.54) is 5.69 Å². The van der Waals surface area contributed by atoms with Crippen molar-refractivity contribution in [3.05, 3.63) is 90.0 Å². The molecule has 0 N–H and O–H groups in total. The maximum Gasteiger partial charge on any atom is 0.254 e. The van der Waals surface area contributed by atoms with Gasteiger partial charge in [-0.3, -0.25) is 4.79 Å². The molecule has 0 saturated carbocycles. The number of fused-ring (bicyclic) bond motifs is 1. The van der Waals surface area contributed by atoms with Crippen LogP contribution in [-0.2, 0) is 0 Å². The van der Waals surface area contributed by atoms with Crippen LogP contribution in [0.4, 0.5) is 5.69 Å². The van der Waals surface area contributed by atoms with Crippen molar-refractivity contribution in [1.29, 1.82) is 0 Å². The van der Waals surface area contributed by atoms with Gasteiger partial charge in [-0.2, -0.15) is 0 Å². The number of nitrogens with zero attached hydrogens (tertiary/aromatic N) is 3. The number of piperazine rings is 1. The molecule has 0 radical (unpaired) electrons. The number of para-hydroxylation sites is 1. The summed E-state index contributed by atoms with van der Waals surface area (Å²) in [6.07, 6.45) is 0. The molecule has 1 saturated heterocycles. The monoisotopic (exact) mass is 451 g/mol. The van der Waals surface area contributed by atoms with Crippen molar-refractivity contribution in [2.24, 2.45) is 0 Å². The zero-order valence-electron chi connectivity index (χ0n) is 19.7. The molecule has 34 heavy (non-hydrogen) atoms. The number of aromatic nitrogens is 1. The molecule has 1 aliphatic rings. The first-order valence-corrected chi connectivity index (χ1v) is 11.9. The average molecular weight is 452 g/mol. The summed E-state index contributed by atoms with van der Waals surface area (Å²) in [5, 5.41) is 0.908. The molecular weight excluding hydrogens is 422 g/mol. The van der Waals surface area contributed by atoms with E-state index in [2.05, 4.69) is 35.2 Å². The van der Waals surface area contributed by atoms with Crippen LogP contribution in [0.1, 0.15) is 22.8 Å². The summed E-state index contributed by atoms with van der Waals surface area (Å²) >= 11 is 0. The fourth-order valence-corrected chi connectivity index (χ4v) is 4.53. The highest BCUT2D eigenvalue weighted by Crippen LogP contribution is 2.28. The van der Waals surface area contributed by atoms with Gasteiger partial charge in [0.2, 0.25) is 0 Å². The Hall–Kier alpha value is -3.86. The van der Waals surface area contributed by atoms with E-state index < -0.39 is 0 Å². The van der Waals surface area contributed by atoms with Gasteiger partial charge in [-0.1, -0.05) is 29.8 Å². The summed E-state index contributed by atoms with van der Waals surface area (Å²) in [6, 6.07) is 26.4. The molecule has 0 bridgehead atoms. The van der Waals surface area contributed by atoms with Gasteiger partial charge in [0.05, 0.1) is 23.4 Å². The van der Waals surface area contributed by atoms with Crippen LogP contribution < -0.4 is 9.64 Å². The predicted molar refractivity (Wildman–Crippen MR) is 138 cm³/mol. The van der Waals surface area contributed by atoms with E-state index in [9.17, 15) is 4.79 Å². The molecule has 3 aromatic carbocycles. The third-order valence-electron chi connectivity index (χ3n) is 6.34. The van der Waals surface area contributed by atoms with Gasteiger partial charge in [-0.25, -0.2) is 4.98 Å². The second kappa shape index (κ2) is 9.56. The number of ether oxygens (including phenoxy) is 1. The van der Waals surface area contributed by atoms with Crippen LogP contribution in [0.25, 0.3) is 22.2 Å². The highest BCUT2D eigenvalue weighted by molar-refractivity contribution is 6.07. The molecule has 5 heteroatoms. The van der Waals surface area contributed by atoms with E-state index in [-0.39, 0.29) is 5.91 Å². The summed E-state index contributed by atoms with van der Waals surface area (Å²) in [7, 11) is 0. The van der Waals surface area contributed by atoms with Gasteiger partial charge in [0, 0.05) is 42.8 Å². The number of rotatable bonds is 5. The lowest BCUT2D eigenvalue weighted by Crippen LogP contribution is -2.48. The largest absolute Gasteiger partial charge is 0.494 e. The van der Waals surface area contributed by atoms with Crippen LogP contribution in [0.15, 0.2) is 78.9 Å². The Bertz CT molecular complexity index is 1290. The van der Waals surface area contributed by atoms with Crippen molar-refractivity contribution < 1.29 is 9.53 Å². The zero-order chi connectivity index (χ0) is 23.5. The summed E-state index contributed by atoms with van der Waals surface area (Å²) in [4.78, 5) is 22.9. The van der Waals surface area contributed by atoms with E-state index >= 15 is 0 Å². The van der Waals surface area contributed by atoms with E-state index in [1.54, 1.807) is 0 Å². The van der Waals surface area contributed by atoms with Crippen molar-refractivity contribution in [2.45, 2.75) is 13.8 Å². The quantitative estimate of drug-likeness (QED) is 0.398. The Morgan fingerprint density at radius 2 is 1.65 bits per heavy atom. The molecule has 0 spiro atoms. The van der Waals surface area contributed by atoms with E-state index in [4.69, 9.17) is 9.72 Å². The Morgan fingerprint density at radius 1 is 0.912 bits per heavy atom. The van der Waals surface area contributed by atoms with E-state index in [0.717, 1.165) is 46.6 Å². The Kier molecular flexibility index (Phi) is 6.17. The maximum atomic E-state index is 13.8. The minimum atomic E-state index is 0.0675. The van der Waals surface area contributed by atoms with Crippen molar-refractivity contribution >= 4 is 22.5 Å². The lowest BCUT2D eigenvalue weighted by atomic mass is 10.0. The van der Waals surface area contributed by atoms with Gasteiger partial charge in [-0.05, 0) is 68.4 Å². The zero-order valence-corrected chi connectivity index (χ0v) is 19.7. The van der Waals surface area contributed by atoms with Crippen LogP contribution in [0.2, 0.25) is 0 Å². The number of carbonyl (C=O) groups is 1. The number of anilines is 1. The highest BCUT2D eigenvalue weighted by Gasteiger charge is 2.24. The number of aryl methyl sites for hydroxylation is 1. The Morgan fingerprint density at radius 3 is 2.35 bits per heavy atom. The molecule has 172 valence electrons. The van der Waals surface area contributed by atoms with Crippen molar-refractivity contribution in [3.8, 4) is 17.0 Å². The number of hydrogen-bond acceptors (Lipinski definition) is 4. The normalized spacial score (nSPS) is 13.8. The first-order valence-electron chi connectivity index (χ1n) is 11.9. The third kappa shape index (κ3) is 4.46. The minimum Gasteiger partial charge on any atom is -0.494 e. The summed E-state index contributed by atoms with van der Waals surface area (Å²) in [5.41, 5.74) is 5.64. The molecule has 1 fully saturated rings. The fraction of sp³-hybridized carbons (Fsp3) is 0.241. The molecular formula is C29H29N3O2. The highest BCUT2D eigenvalue weighted by atomic mass is 16.5. The van der Waals surface area contributed by atoms with E-state index in [1.807, 2.05) is 67.3 Å². The van der Waals surface area contributed by atoms with Crippen molar-refractivity contribution in [2.75, 3.05) is 37.7 Å². The van der Waals surface area contributed by atoms with Gasteiger partial charge >= 0.3 is 0 Å². The first kappa shape index (κ1) is 22.0. The van der Waals surface area contributed by atoms with Crippen LogP contribution in [0, 0.1) is 6.92 Å². The fourth-order valence-electron chi connectivity index (χ4n) is 4.53. The summed E-state index contributed by atoms with van der Waals surface area (Å²) in [6.45, 7) is 7.69. The average Bonchev–Trinajstić information content (AvgIpc) is 2.89. The number of amides is 1. The predicted octanol–water partition coefficient (Wildman–Crippen LogP) is 5.57. The molecule has 4 aromatic rings. The molecule has 1 aliphatic heterocycles. The summed E-state index contributed by atoms with van der Waals surface area (Å²) in [5.74, 6) is 0.896. The topological polar surface area (TPSA) is 45.7 Å². The summed E-state index contributed by atoms with van der Waals surface area (Å²) < 4.78 is 5.58. The Labute approximate surface area is 200 Å². The van der Waals surface area contributed by atoms with Crippen LogP contribution >= 0.6 is 0 Å². The number of carbonyl (C=O) groups excluding carboxylic acids is 1. The second-order valence-electron chi connectivity index (χ2n) is 8.65. The molecule has 2 heterocycles. The van der Waals surface area contributed by atoms with Crippen LogP contribution in [-0.4, -0.2) is 48.6 Å². The lowest BCUT2D eigenvalue weighted by molar-refractivity contribution is 0.0748. The first-order chi connectivity index (χ1) is 16.6. The SMILES string of the molecule is CCOc1ccc(-c2cc(C(=O)N3CCN(c4ccccc4)CC3)c3cc(C)ccc3n2)cc1. The molecule has 5 rings (SSSR count). The number of hydrogen-bond donors (Lipinski definition) is 0. The molecule has 5 nitrogen and oxygen atoms in total. The number of pyridine rings is 1. The van der Waals surface area contributed by atoms with E-state index in [0.29, 0.717) is 25.3 Å². The Balaban J connectivity index is 1.45. The lowest BCUT2D eigenvalue weighted by Gasteiger charge is -2.36. The molecule has 1 amide bonds. The van der Waals surface area contributed by atoms with Gasteiger partial charge in [0.25, 0.3) is 5.91 Å². The van der Waals surface area contributed by atoms with Crippen LogP contribution in [0.5, 0.6) is 5.75 Å². The molecule has 0 atom stereocenters. The van der Waals surface area contributed by atoms with Crippen molar-refractivity contribution in [3.63, 3.8) is 0 Å². The molecule has 1 aromatic heterocycles. The van der Waals surface area contributed by atoms with Gasteiger partial charge in [0.15, 0.2) is 0 Å². The second-order valence-corrected chi connectivity index (χ2v) is 8.65. The van der Waals surface area contributed by atoms with Gasteiger partial charge < -0.3 is 14.5 Å². The third-order valence-corrected chi connectivity index (χ3v) is 6.34. The standard InChI is InChI=1S/C29H29N3O2/c1-3-34-24-12-10-22(11-13-24)28-20-26(25-19-21(2)9-14-27(25)30-28)29(33)32-17-15-31(16-18-32)23-7-5-4-6-8-23/h4-14,19-20H,3,15-18H2,1-2H3. The maximum absolute atomic E-state index is 13.8. The van der Waals surface area contributed by atoms with Crippen molar-refractivity contribution in [1.82, 2.24) is 9.88 Å². The molecule has 0 unspecified atom stereocenters. The molecule has 0 aliphatic carbocycles. The smallest absolute Gasteiger partial charge is 0.254 e. The van der Waals surface area contributed by atoms with Gasteiger partial charge in [-0.15, -0.1) is 0 Å². The van der Waals surface area contributed by atoms with Crippen LogP contribution in [0.3, 0.4) is 0 Å². The minimum absolute atomic E-state index is 0.0675.